The smallest absolute Gasteiger partial charge is 0.338 e. The van der Waals surface area contributed by atoms with Crippen LogP contribution in [0, 0.1) is 0 Å². The molecular formula is C18H25ClN2O5S. The van der Waals surface area contributed by atoms with Crippen molar-refractivity contribution in [2.75, 3.05) is 7.05 Å². The van der Waals surface area contributed by atoms with E-state index in [1.807, 2.05) is 0 Å². The molecule has 150 valence electrons. The topological polar surface area (TPSA) is 102 Å². The van der Waals surface area contributed by atoms with Gasteiger partial charge in [0.1, 0.15) is 4.90 Å². The molecule has 1 atom stereocenters. The van der Waals surface area contributed by atoms with E-state index < -0.39 is 22.1 Å². The third kappa shape index (κ3) is 5.92. The van der Waals surface area contributed by atoms with Gasteiger partial charge in [-0.05, 0) is 45.0 Å². The Hall–Kier alpha value is -1.64. The number of carbonyl (C=O) groups excluding carboxylic acids is 2. The maximum Gasteiger partial charge on any atom is 0.338 e. The summed E-state index contributed by atoms with van der Waals surface area (Å²) in [7, 11) is -2.57. The highest BCUT2D eigenvalue weighted by Gasteiger charge is 2.24. The molecule has 1 saturated carbocycles. The number of nitrogens with one attached hydrogen (secondary N) is 2. The van der Waals surface area contributed by atoms with Crippen molar-refractivity contribution in [3.05, 3.63) is 28.8 Å². The van der Waals surface area contributed by atoms with Crippen LogP contribution < -0.4 is 10.0 Å². The second-order valence-electron chi connectivity index (χ2n) is 6.60. The molecule has 1 aliphatic rings. The number of amides is 1. The van der Waals surface area contributed by atoms with Crippen molar-refractivity contribution < 1.29 is 22.7 Å². The van der Waals surface area contributed by atoms with Crippen LogP contribution in [-0.2, 0) is 19.6 Å². The number of halogens is 1. The third-order valence-electron chi connectivity index (χ3n) is 4.58. The molecule has 0 bridgehead atoms. The lowest BCUT2D eigenvalue weighted by atomic mass is 10.1. The van der Waals surface area contributed by atoms with Gasteiger partial charge < -0.3 is 10.1 Å². The van der Waals surface area contributed by atoms with Gasteiger partial charge in [0.05, 0.1) is 10.6 Å². The van der Waals surface area contributed by atoms with Crippen molar-refractivity contribution in [3.63, 3.8) is 0 Å². The highest BCUT2D eigenvalue weighted by atomic mass is 35.5. The Morgan fingerprint density at radius 1 is 1.19 bits per heavy atom. The molecule has 2 rings (SSSR count). The fraction of sp³-hybridized carbons (Fsp3) is 0.556. The molecule has 27 heavy (non-hydrogen) atoms. The molecule has 0 aliphatic heterocycles. The predicted molar refractivity (Wildman–Crippen MR) is 102 cm³/mol. The maximum absolute atomic E-state index is 12.3. The Morgan fingerprint density at radius 2 is 1.81 bits per heavy atom. The van der Waals surface area contributed by atoms with E-state index in [2.05, 4.69) is 10.0 Å². The molecule has 0 radical (unpaired) electrons. The van der Waals surface area contributed by atoms with Crippen LogP contribution in [0.5, 0.6) is 0 Å². The maximum atomic E-state index is 12.3. The standard InChI is InChI=1S/C18H25ClN2O5S/c1-12(17(22)21-14-7-5-3-4-6-8-14)26-18(23)13-9-10-15(19)16(11-13)27(24,25)20-2/h9-12,14,20H,3-8H2,1-2H3,(H,21,22)/t12-/m1/s1. The third-order valence-corrected chi connectivity index (χ3v) is 6.48. The van der Waals surface area contributed by atoms with Crippen molar-refractivity contribution in [1.82, 2.24) is 10.0 Å². The molecule has 0 aromatic heterocycles. The minimum atomic E-state index is -3.82. The summed E-state index contributed by atoms with van der Waals surface area (Å²) in [6, 6.07) is 3.89. The van der Waals surface area contributed by atoms with Gasteiger partial charge in [-0.2, -0.15) is 0 Å². The molecule has 0 heterocycles. The van der Waals surface area contributed by atoms with Gasteiger partial charge in [0.25, 0.3) is 5.91 Å². The van der Waals surface area contributed by atoms with Crippen molar-refractivity contribution in [2.45, 2.75) is 62.5 Å². The van der Waals surface area contributed by atoms with Crippen molar-refractivity contribution in [2.24, 2.45) is 0 Å². The number of hydrogen-bond donors (Lipinski definition) is 2. The van der Waals surface area contributed by atoms with E-state index in [9.17, 15) is 18.0 Å². The number of hydrogen-bond acceptors (Lipinski definition) is 5. The Bertz CT molecular complexity index is 789. The monoisotopic (exact) mass is 416 g/mol. The van der Waals surface area contributed by atoms with Gasteiger partial charge in [-0.15, -0.1) is 0 Å². The predicted octanol–water partition coefficient (Wildman–Crippen LogP) is 2.63. The fourth-order valence-corrected chi connectivity index (χ4v) is 4.22. The lowest BCUT2D eigenvalue weighted by Gasteiger charge is -2.19. The quantitative estimate of drug-likeness (QED) is 0.548. The summed E-state index contributed by atoms with van der Waals surface area (Å²) < 4.78 is 31.3. The van der Waals surface area contributed by atoms with Crippen LogP contribution in [0.4, 0.5) is 0 Å². The van der Waals surface area contributed by atoms with Crippen LogP contribution in [0.2, 0.25) is 5.02 Å². The van der Waals surface area contributed by atoms with E-state index in [1.54, 1.807) is 0 Å². The Kier molecular flexibility index (Phi) is 7.64. The lowest BCUT2D eigenvalue weighted by Crippen LogP contribution is -2.41. The number of ether oxygens (including phenoxy) is 1. The van der Waals surface area contributed by atoms with E-state index in [1.165, 1.54) is 38.9 Å². The summed E-state index contributed by atoms with van der Waals surface area (Å²) in [5, 5.41) is 2.91. The Balaban J connectivity index is 2.03. The van der Waals surface area contributed by atoms with E-state index in [0.717, 1.165) is 31.7 Å². The second-order valence-corrected chi connectivity index (χ2v) is 8.86. The average Bonchev–Trinajstić information content (AvgIpc) is 2.90. The summed E-state index contributed by atoms with van der Waals surface area (Å²) in [5.41, 5.74) is 0.00217. The highest BCUT2D eigenvalue weighted by molar-refractivity contribution is 7.89. The van der Waals surface area contributed by atoms with Crippen molar-refractivity contribution >= 4 is 33.5 Å². The normalized spacial score (nSPS) is 17.0. The second kappa shape index (κ2) is 9.52. The molecule has 7 nitrogen and oxygen atoms in total. The zero-order valence-electron chi connectivity index (χ0n) is 15.5. The zero-order valence-corrected chi connectivity index (χ0v) is 17.0. The molecule has 1 amide bonds. The molecule has 1 aromatic carbocycles. The molecule has 1 aliphatic carbocycles. The van der Waals surface area contributed by atoms with Crippen LogP contribution in [0.25, 0.3) is 0 Å². The minimum absolute atomic E-state index is 0.00217. The van der Waals surface area contributed by atoms with Crippen molar-refractivity contribution in [3.8, 4) is 0 Å². The summed E-state index contributed by atoms with van der Waals surface area (Å²) in [4.78, 5) is 24.4. The number of benzene rings is 1. The molecule has 1 aromatic rings. The van der Waals surface area contributed by atoms with Gasteiger partial charge >= 0.3 is 5.97 Å². The number of carbonyl (C=O) groups is 2. The summed E-state index contributed by atoms with van der Waals surface area (Å²) in [6.07, 6.45) is 5.36. The van der Waals surface area contributed by atoms with Crippen LogP contribution in [-0.4, -0.2) is 39.5 Å². The van der Waals surface area contributed by atoms with Gasteiger partial charge in [-0.3, -0.25) is 4.79 Å². The summed E-state index contributed by atoms with van der Waals surface area (Å²) >= 11 is 5.91. The lowest BCUT2D eigenvalue weighted by molar-refractivity contribution is -0.129. The minimum Gasteiger partial charge on any atom is -0.449 e. The van der Waals surface area contributed by atoms with Crippen LogP contribution >= 0.6 is 11.6 Å². The first-order valence-electron chi connectivity index (χ1n) is 8.99. The van der Waals surface area contributed by atoms with Crippen LogP contribution in [0.3, 0.4) is 0 Å². The van der Waals surface area contributed by atoms with E-state index in [4.69, 9.17) is 16.3 Å². The Labute approximate surface area is 164 Å². The van der Waals surface area contributed by atoms with Crippen LogP contribution in [0.1, 0.15) is 55.8 Å². The van der Waals surface area contributed by atoms with Gasteiger partial charge in [0.2, 0.25) is 10.0 Å². The molecule has 0 spiro atoms. The van der Waals surface area contributed by atoms with E-state index >= 15 is 0 Å². The van der Waals surface area contributed by atoms with Gasteiger partial charge in [-0.1, -0.05) is 37.3 Å². The molecule has 0 saturated heterocycles. The summed E-state index contributed by atoms with van der Waals surface area (Å²) in [5.74, 6) is -1.14. The van der Waals surface area contributed by atoms with E-state index in [-0.39, 0.29) is 27.4 Å². The van der Waals surface area contributed by atoms with Crippen molar-refractivity contribution in [1.29, 1.82) is 0 Å². The molecule has 0 unspecified atom stereocenters. The number of rotatable bonds is 6. The van der Waals surface area contributed by atoms with Gasteiger partial charge in [-0.25, -0.2) is 17.9 Å². The molecule has 2 N–H and O–H groups in total. The van der Waals surface area contributed by atoms with Crippen LogP contribution in [0.15, 0.2) is 23.1 Å². The first-order valence-corrected chi connectivity index (χ1v) is 10.8. The zero-order chi connectivity index (χ0) is 20.0. The van der Waals surface area contributed by atoms with E-state index in [0.29, 0.717) is 0 Å². The average molecular weight is 417 g/mol. The van der Waals surface area contributed by atoms with Gasteiger partial charge in [0.15, 0.2) is 6.10 Å². The highest BCUT2D eigenvalue weighted by Crippen LogP contribution is 2.23. The first-order chi connectivity index (χ1) is 12.7. The number of sulfonamides is 1. The molecular weight excluding hydrogens is 392 g/mol. The van der Waals surface area contributed by atoms with Gasteiger partial charge in [0, 0.05) is 6.04 Å². The SMILES string of the molecule is CNS(=O)(=O)c1cc(C(=O)O[C@H](C)C(=O)NC2CCCCCC2)ccc1Cl. The molecule has 1 fully saturated rings. The summed E-state index contributed by atoms with van der Waals surface area (Å²) in [6.45, 7) is 1.49. The molecule has 9 heteroatoms. The Morgan fingerprint density at radius 3 is 2.41 bits per heavy atom. The fourth-order valence-electron chi connectivity index (χ4n) is 2.97. The first kappa shape index (κ1) is 21.7. The number of esters is 1. The largest absolute Gasteiger partial charge is 0.449 e.